The lowest BCUT2D eigenvalue weighted by molar-refractivity contribution is 0.0938. The van der Waals surface area contributed by atoms with E-state index in [9.17, 15) is 4.79 Å². The van der Waals surface area contributed by atoms with Crippen molar-refractivity contribution in [3.8, 4) is 0 Å². The summed E-state index contributed by atoms with van der Waals surface area (Å²) in [5, 5.41) is 4.16. The van der Waals surface area contributed by atoms with Crippen molar-refractivity contribution in [1.82, 2.24) is 10.3 Å². The Balaban J connectivity index is 2.24. The van der Waals surface area contributed by atoms with E-state index in [0.717, 1.165) is 10.9 Å². The number of amides is 1. The van der Waals surface area contributed by atoms with Gasteiger partial charge in [0.25, 0.3) is 5.91 Å². The van der Waals surface area contributed by atoms with Gasteiger partial charge in [0, 0.05) is 11.9 Å². The van der Waals surface area contributed by atoms with E-state index in [1.54, 1.807) is 6.07 Å². The second-order valence-electron chi connectivity index (χ2n) is 6.49. The van der Waals surface area contributed by atoms with E-state index in [1.807, 2.05) is 24.3 Å². The molecule has 1 unspecified atom stereocenters. The van der Waals surface area contributed by atoms with E-state index in [1.165, 1.54) is 0 Å². The molecule has 2 rings (SSSR count). The number of hydrogen-bond donors (Lipinski definition) is 1. The zero-order valence-corrected chi connectivity index (χ0v) is 13.7. The first-order valence-electron chi connectivity index (χ1n) is 7.12. The van der Waals surface area contributed by atoms with Gasteiger partial charge in [0.1, 0.15) is 5.15 Å². The number of nitrogens with zero attached hydrogens (tertiary/aromatic N) is 1. The van der Waals surface area contributed by atoms with Crippen LogP contribution in [0.5, 0.6) is 0 Å². The van der Waals surface area contributed by atoms with Gasteiger partial charge in [-0.05, 0) is 23.5 Å². The third-order valence-corrected chi connectivity index (χ3v) is 4.17. The molecular formula is C17H21ClN2O. The standard InChI is InChI=1S/C17H21ClN2O/c1-11(17(2,3)4)10-19-16(21)13-9-15(18)20-14-8-6-5-7-12(13)14/h5-9,11H,10H2,1-4H3,(H,19,21). The molecule has 0 aliphatic heterocycles. The van der Waals surface area contributed by atoms with Crippen LogP contribution < -0.4 is 5.32 Å². The number of halogens is 1. The summed E-state index contributed by atoms with van der Waals surface area (Å²) in [6, 6.07) is 9.15. The fourth-order valence-electron chi connectivity index (χ4n) is 1.98. The molecule has 0 bridgehead atoms. The Morgan fingerprint density at radius 2 is 2.00 bits per heavy atom. The lowest BCUT2D eigenvalue weighted by Crippen LogP contribution is -2.33. The molecule has 0 saturated carbocycles. The Morgan fingerprint density at radius 3 is 2.67 bits per heavy atom. The number of aromatic nitrogens is 1. The maximum atomic E-state index is 12.4. The molecule has 0 fully saturated rings. The Kier molecular flexibility index (Phi) is 4.52. The molecule has 0 saturated heterocycles. The lowest BCUT2D eigenvalue weighted by Gasteiger charge is -2.27. The molecule has 1 amide bonds. The van der Waals surface area contributed by atoms with Gasteiger partial charge in [-0.25, -0.2) is 4.98 Å². The van der Waals surface area contributed by atoms with Crippen molar-refractivity contribution in [2.24, 2.45) is 11.3 Å². The number of benzene rings is 1. The summed E-state index contributed by atoms with van der Waals surface area (Å²) in [6.45, 7) is 9.28. The van der Waals surface area contributed by atoms with Crippen LogP contribution in [0.25, 0.3) is 10.9 Å². The highest BCUT2D eigenvalue weighted by atomic mass is 35.5. The smallest absolute Gasteiger partial charge is 0.252 e. The number of nitrogens with one attached hydrogen (secondary N) is 1. The minimum atomic E-state index is -0.105. The van der Waals surface area contributed by atoms with Gasteiger partial charge in [0.05, 0.1) is 11.1 Å². The highest BCUT2D eigenvalue weighted by molar-refractivity contribution is 6.30. The molecule has 1 heterocycles. The van der Waals surface area contributed by atoms with Crippen molar-refractivity contribution < 1.29 is 4.79 Å². The Labute approximate surface area is 130 Å². The van der Waals surface area contributed by atoms with Crippen molar-refractivity contribution >= 4 is 28.4 Å². The molecule has 112 valence electrons. The van der Waals surface area contributed by atoms with E-state index in [0.29, 0.717) is 23.2 Å². The summed E-state index contributed by atoms with van der Waals surface area (Å²) in [7, 11) is 0. The molecule has 0 radical (unpaired) electrons. The van der Waals surface area contributed by atoms with Crippen molar-refractivity contribution in [2.45, 2.75) is 27.7 Å². The van der Waals surface area contributed by atoms with Gasteiger partial charge in [-0.2, -0.15) is 0 Å². The van der Waals surface area contributed by atoms with Crippen LogP contribution in [0.15, 0.2) is 30.3 Å². The van der Waals surface area contributed by atoms with E-state index in [-0.39, 0.29) is 11.3 Å². The number of rotatable bonds is 3. The third kappa shape index (κ3) is 3.73. The molecule has 1 aromatic heterocycles. The Morgan fingerprint density at radius 1 is 1.33 bits per heavy atom. The number of hydrogen-bond acceptors (Lipinski definition) is 2. The molecule has 4 heteroatoms. The fourth-order valence-corrected chi connectivity index (χ4v) is 2.18. The zero-order valence-electron chi connectivity index (χ0n) is 12.9. The summed E-state index contributed by atoms with van der Waals surface area (Å²) < 4.78 is 0. The monoisotopic (exact) mass is 304 g/mol. The number of fused-ring (bicyclic) bond motifs is 1. The van der Waals surface area contributed by atoms with Crippen molar-refractivity contribution in [3.63, 3.8) is 0 Å². The molecule has 21 heavy (non-hydrogen) atoms. The van der Waals surface area contributed by atoms with Gasteiger partial charge in [-0.1, -0.05) is 57.5 Å². The Bertz CT molecular complexity index is 661. The van der Waals surface area contributed by atoms with E-state index < -0.39 is 0 Å². The number of carbonyl (C=O) groups excluding carboxylic acids is 1. The molecule has 1 atom stereocenters. The van der Waals surface area contributed by atoms with Crippen LogP contribution in [0.1, 0.15) is 38.1 Å². The average molecular weight is 305 g/mol. The van der Waals surface area contributed by atoms with Gasteiger partial charge >= 0.3 is 0 Å². The van der Waals surface area contributed by atoms with Crippen LogP contribution in [0.4, 0.5) is 0 Å². The van der Waals surface area contributed by atoms with E-state index >= 15 is 0 Å². The zero-order chi connectivity index (χ0) is 15.6. The topological polar surface area (TPSA) is 42.0 Å². The molecule has 1 N–H and O–H groups in total. The van der Waals surface area contributed by atoms with Crippen LogP contribution >= 0.6 is 11.6 Å². The highest BCUT2D eigenvalue weighted by Gasteiger charge is 2.21. The van der Waals surface area contributed by atoms with Gasteiger partial charge in [-0.15, -0.1) is 0 Å². The largest absolute Gasteiger partial charge is 0.352 e. The van der Waals surface area contributed by atoms with Gasteiger partial charge in [0.2, 0.25) is 0 Å². The van der Waals surface area contributed by atoms with Crippen molar-refractivity contribution in [3.05, 3.63) is 41.0 Å². The summed E-state index contributed by atoms with van der Waals surface area (Å²) in [5.74, 6) is 0.275. The Hall–Kier alpha value is -1.61. The van der Waals surface area contributed by atoms with Crippen LogP contribution in [-0.2, 0) is 0 Å². The van der Waals surface area contributed by atoms with Crippen molar-refractivity contribution in [2.75, 3.05) is 6.54 Å². The van der Waals surface area contributed by atoms with Gasteiger partial charge in [0.15, 0.2) is 0 Å². The molecule has 0 aliphatic rings. The quantitative estimate of drug-likeness (QED) is 0.859. The molecule has 2 aromatic rings. The van der Waals surface area contributed by atoms with E-state index in [4.69, 9.17) is 11.6 Å². The average Bonchev–Trinajstić information content (AvgIpc) is 2.42. The van der Waals surface area contributed by atoms with Crippen LogP contribution in [0.2, 0.25) is 5.15 Å². The van der Waals surface area contributed by atoms with E-state index in [2.05, 4.69) is 38.0 Å². The van der Waals surface area contributed by atoms with Crippen LogP contribution in [0, 0.1) is 11.3 Å². The number of para-hydroxylation sites is 1. The second-order valence-corrected chi connectivity index (χ2v) is 6.87. The first-order chi connectivity index (χ1) is 9.79. The molecule has 0 spiro atoms. The SMILES string of the molecule is CC(CNC(=O)c1cc(Cl)nc2ccccc12)C(C)(C)C. The van der Waals surface area contributed by atoms with Crippen LogP contribution in [-0.4, -0.2) is 17.4 Å². The number of carbonyl (C=O) groups is 1. The normalized spacial score (nSPS) is 13.2. The summed E-state index contributed by atoms with van der Waals surface area (Å²) >= 11 is 6.01. The molecule has 1 aromatic carbocycles. The molecule has 3 nitrogen and oxygen atoms in total. The first-order valence-corrected chi connectivity index (χ1v) is 7.50. The van der Waals surface area contributed by atoms with Gasteiger partial charge in [-0.3, -0.25) is 4.79 Å². The first kappa shape index (κ1) is 15.8. The predicted molar refractivity (Wildman–Crippen MR) is 87.7 cm³/mol. The second kappa shape index (κ2) is 6.02. The minimum absolute atomic E-state index is 0.105. The van der Waals surface area contributed by atoms with Crippen LogP contribution in [0.3, 0.4) is 0 Å². The minimum Gasteiger partial charge on any atom is -0.352 e. The molecule has 0 aliphatic carbocycles. The van der Waals surface area contributed by atoms with Crippen molar-refractivity contribution in [1.29, 1.82) is 0 Å². The maximum absolute atomic E-state index is 12.4. The number of pyridine rings is 1. The summed E-state index contributed by atoms with van der Waals surface area (Å²) in [6.07, 6.45) is 0. The fraction of sp³-hybridized carbons (Fsp3) is 0.412. The third-order valence-electron chi connectivity index (χ3n) is 3.98. The summed E-state index contributed by atoms with van der Waals surface area (Å²) in [5.41, 5.74) is 1.47. The predicted octanol–water partition coefficient (Wildman–Crippen LogP) is 4.30. The van der Waals surface area contributed by atoms with Gasteiger partial charge < -0.3 is 5.32 Å². The maximum Gasteiger partial charge on any atom is 0.252 e. The summed E-state index contributed by atoms with van der Waals surface area (Å²) in [4.78, 5) is 16.7. The molecular weight excluding hydrogens is 284 g/mol. The lowest BCUT2D eigenvalue weighted by atomic mass is 9.82. The highest BCUT2D eigenvalue weighted by Crippen LogP contribution is 2.25.